The Hall–Kier alpha value is -3.29. The number of aromatic nitrogens is 3. The van der Waals surface area contributed by atoms with Crippen LogP contribution in [-0.2, 0) is 17.9 Å². The zero-order valence-electron chi connectivity index (χ0n) is 20.7. The molecule has 2 aromatic rings. The highest BCUT2D eigenvalue weighted by atomic mass is 16.2. The van der Waals surface area contributed by atoms with Crippen molar-refractivity contribution in [2.75, 3.05) is 28.2 Å². The van der Waals surface area contributed by atoms with Gasteiger partial charge in [0.25, 0.3) is 0 Å². The molecular formula is C27H35N7O. The van der Waals surface area contributed by atoms with Crippen molar-refractivity contribution < 1.29 is 4.79 Å². The van der Waals surface area contributed by atoms with E-state index in [-0.39, 0.29) is 18.0 Å². The molecular weight excluding hydrogens is 438 g/mol. The highest BCUT2D eigenvalue weighted by Crippen LogP contribution is 2.38. The van der Waals surface area contributed by atoms with Crippen LogP contribution in [0.4, 0.5) is 17.1 Å². The predicted molar refractivity (Wildman–Crippen MR) is 138 cm³/mol. The number of carbonyl (C=O) groups excluding carboxylic acids is 1. The summed E-state index contributed by atoms with van der Waals surface area (Å²) in [6, 6.07) is 6.50. The summed E-state index contributed by atoms with van der Waals surface area (Å²) in [6.45, 7) is 7.43. The van der Waals surface area contributed by atoms with Crippen molar-refractivity contribution in [2.24, 2.45) is 5.92 Å². The van der Waals surface area contributed by atoms with E-state index in [0.717, 1.165) is 74.0 Å². The molecule has 1 aliphatic carbocycles. The van der Waals surface area contributed by atoms with Crippen LogP contribution in [0.5, 0.6) is 0 Å². The lowest BCUT2D eigenvalue weighted by atomic mass is 9.88. The smallest absolute Gasteiger partial charge is 0.230 e. The maximum Gasteiger partial charge on any atom is 0.230 e. The molecule has 1 fully saturated rings. The molecule has 4 heterocycles. The van der Waals surface area contributed by atoms with E-state index in [9.17, 15) is 4.79 Å². The number of amides is 1. The standard InChI is InChI=1S/C27H35N7O/c1-18(2)26-31-30-24-17-32(13-14-33(24)26)21-10-11-22-23(15-21)34(27(35)19-7-4-3-5-8-19)16-20-9-6-12-28-25(20)29-22/h6,9-12,15,18-19,25,28-29H,3-5,7-8,13-14,16-17H2,1-2H3. The summed E-state index contributed by atoms with van der Waals surface area (Å²) in [6.07, 6.45) is 11.7. The number of dihydropyridines is 1. The highest BCUT2D eigenvalue weighted by Gasteiger charge is 2.33. The van der Waals surface area contributed by atoms with E-state index in [1.807, 2.05) is 17.2 Å². The fourth-order valence-corrected chi connectivity index (χ4v) is 5.88. The van der Waals surface area contributed by atoms with Crippen LogP contribution in [0.3, 0.4) is 0 Å². The van der Waals surface area contributed by atoms with Gasteiger partial charge >= 0.3 is 0 Å². The summed E-state index contributed by atoms with van der Waals surface area (Å²) in [7, 11) is 0. The number of rotatable bonds is 3. The molecule has 0 bridgehead atoms. The number of anilines is 3. The van der Waals surface area contributed by atoms with Crippen molar-refractivity contribution in [3.05, 3.63) is 53.8 Å². The SMILES string of the molecule is CC(C)c1nnc2n1CCN(c1ccc3c(c1)N(C(=O)C1CCCCC1)CC1=CC=CNC1N3)C2. The maximum atomic E-state index is 13.9. The Morgan fingerprint density at radius 1 is 1.09 bits per heavy atom. The van der Waals surface area contributed by atoms with Crippen LogP contribution in [0, 0.1) is 5.92 Å². The van der Waals surface area contributed by atoms with E-state index >= 15 is 0 Å². The molecule has 3 aliphatic heterocycles. The van der Waals surface area contributed by atoms with Gasteiger partial charge in [-0.15, -0.1) is 10.2 Å². The maximum absolute atomic E-state index is 13.9. The van der Waals surface area contributed by atoms with Gasteiger partial charge in [-0.3, -0.25) is 4.79 Å². The molecule has 0 saturated heterocycles. The number of allylic oxidation sites excluding steroid dienone is 2. The minimum Gasteiger partial charge on any atom is -0.368 e. The van der Waals surface area contributed by atoms with Gasteiger partial charge in [0.1, 0.15) is 12.0 Å². The highest BCUT2D eigenvalue weighted by molar-refractivity contribution is 6.00. The Balaban J connectivity index is 1.33. The lowest BCUT2D eigenvalue weighted by Gasteiger charge is -2.33. The first-order valence-corrected chi connectivity index (χ1v) is 13.1. The van der Waals surface area contributed by atoms with Gasteiger partial charge in [0.15, 0.2) is 5.82 Å². The van der Waals surface area contributed by atoms with Gasteiger partial charge in [-0.25, -0.2) is 0 Å². The van der Waals surface area contributed by atoms with Gasteiger partial charge in [-0.1, -0.05) is 39.2 Å². The van der Waals surface area contributed by atoms with Crippen LogP contribution in [0.1, 0.15) is 63.5 Å². The van der Waals surface area contributed by atoms with Crippen molar-refractivity contribution in [1.82, 2.24) is 20.1 Å². The summed E-state index contributed by atoms with van der Waals surface area (Å²) in [5.74, 6) is 2.82. The average Bonchev–Trinajstić information content (AvgIpc) is 3.25. The van der Waals surface area contributed by atoms with Crippen molar-refractivity contribution in [3.8, 4) is 0 Å². The van der Waals surface area contributed by atoms with Crippen molar-refractivity contribution in [2.45, 2.75) is 71.1 Å². The number of fused-ring (bicyclic) bond motifs is 3. The lowest BCUT2D eigenvalue weighted by Crippen LogP contribution is -2.41. The van der Waals surface area contributed by atoms with Gasteiger partial charge in [0.05, 0.1) is 24.5 Å². The normalized spacial score (nSPS) is 21.9. The van der Waals surface area contributed by atoms with Gasteiger partial charge in [0, 0.05) is 30.6 Å². The summed E-state index contributed by atoms with van der Waals surface area (Å²) in [4.78, 5) is 18.3. The van der Waals surface area contributed by atoms with Gasteiger partial charge in [-0.2, -0.15) is 0 Å². The Morgan fingerprint density at radius 3 is 2.77 bits per heavy atom. The zero-order valence-corrected chi connectivity index (χ0v) is 20.7. The summed E-state index contributed by atoms with van der Waals surface area (Å²) in [5.41, 5.74) is 4.28. The first kappa shape index (κ1) is 22.2. The Kier molecular flexibility index (Phi) is 5.74. The molecule has 1 atom stereocenters. The van der Waals surface area contributed by atoms with Crippen molar-refractivity contribution >= 4 is 23.0 Å². The number of hydrogen-bond donors (Lipinski definition) is 2. The first-order valence-electron chi connectivity index (χ1n) is 13.1. The van der Waals surface area contributed by atoms with Crippen LogP contribution in [-0.4, -0.2) is 39.9 Å². The molecule has 1 aromatic heterocycles. The predicted octanol–water partition coefficient (Wildman–Crippen LogP) is 4.13. The number of benzene rings is 1. The second kappa shape index (κ2) is 9.06. The second-order valence-corrected chi connectivity index (χ2v) is 10.5. The number of carbonyl (C=O) groups is 1. The summed E-state index contributed by atoms with van der Waals surface area (Å²) < 4.78 is 2.26. The molecule has 1 saturated carbocycles. The molecule has 1 amide bonds. The molecule has 0 spiro atoms. The Labute approximate surface area is 207 Å². The van der Waals surface area contributed by atoms with E-state index in [0.29, 0.717) is 12.5 Å². The van der Waals surface area contributed by atoms with E-state index in [2.05, 4.69) is 68.4 Å². The van der Waals surface area contributed by atoms with Gasteiger partial charge in [0.2, 0.25) is 5.91 Å². The molecule has 184 valence electrons. The van der Waals surface area contributed by atoms with Gasteiger partial charge in [-0.05, 0) is 48.9 Å². The second-order valence-electron chi connectivity index (χ2n) is 10.5. The van der Waals surface area contributed by atoms with Crippen LogP contribution >= 0.6 is 0 Å². The number of nitrogens with zero attached hydrogens (tertiary/aromatic N) is 5. The molecule has 8 heteroatoms. The molecule has 6 rings (SSSR count). The Morgan fingerprint density at radius 2 is 1.94 bits per heavy atom. The first-order chi connectivity index (χ1) is 17.1. The lowest BCUT2D eigenvalue weighted by molar-refractivity contribution is -0.123. The van der Waals surface area contributed by atoms with Crippen LogP contribution in [0.15, 0.2) is 42.1 Å². The molecule has 35 heavy (non-hydrogen) atoms. The number of nitrogens with one attached hydrogen (secondary N) is 2. The molecule has 4 aliphatic rings. The summed E-state index contributed by atoms with van der Waals surface area (Å²) in [5, 5.41) is 16.0. The zero-order chi connectivity index (χ0) is 23.9. The monoisotopic (exact) mass is 473 g/mol. The third-order valence-corrected chi connectivity index (χ3v) is 7.84. The molecule has 1 aromatic carbocycles. The Bertz CT molecular complexity index is 1170. The fraction of sp³-hybridized carbons (Fsp3) is 0.519. The third kappa shape index (κ3) is 4.09. The topological polar surface area (TPSA) is 78.3 Å². The van der Waals surface area contributed by atoms with E-state index in [4.69, 9.17) is 0 Å². The molecule has 0 radical (unpaired) electrons. The minimum absolute atomic E-state index is 0.00301. The summed E-state index contributed by atoms with van der Waals surface area (Å²) >= 11 is 0. The quantitative estimate of drug-likeness (QED) is 0.698. The van der Waals surface area contributed by atoms with Crippen molar-refractivity contribution in [3.63, 3.8) is 0 Å². The van der Waals surface area contributed by atoms with E-state index in [1.54, 1.807) is 0 Å². The van der Waals surface area contributed by atoms with E-state index in [1.165, 1.54) is 12.0 Å². The van der Waals surface area contributed by atoms with Gasteiger partial charge < -0.3 is 25.0 Å². The van der Waals surface area contributed by atoms with Crippen molar-refractivity contribution in [1.29, 1.82) is 0 Å². The molecule has 2 N–H and O–H groups in total. The van der Waals surface area contributed by atoms with E-state index < -0.39 is 0 Å². The fourth-order valence-electron chi connectivity index (χ4n) is 5.88. The van der Waals surface area contributed by atoms with Crippen LogP contribution in [0.25, 0.3) is 0 Å². The molecule has 1 unspecified atom stereocenters. The molecule has 8 nitrogen and oxygen atoms in total. The van der Waals surface area contributed by atoms with Crippen LogP contribution < -0.4 is 20.4 Å². The largest absolute Gasteiger partial charge is 0.368 e. The third-order valence-electron chi connectivity index (χ3n) is 7.84. The average molecular weight is 474 g/mol. The minimum atomic E-state index is -0.00301. The number of hydrogen-bond acceptors (Lipinski definition) is 6. The van der Waals surface area contributed by atoms with Crippen LogP contribution in [0.2, 0.25) is 0 Å².